The average Bonchev–Trinajstić information content (AvgIpc) is 3.37. The van der Waals surface area contributed by atoms with Crippen LogP contribution in [0.25, 0.3) is 32.9 Å². The van der Waals surface area contributed by atoms with Crippen LogP contribution in [0.2, 0.25) is 0 Å². The molecule has 6 rings (SSSR count). The number of aryl methyl sites for hydroxylation is 1. The van der Waals surface area contributed by atoms with Gasteiger partial charge < -0.3 is 14.3 Å². The third-order valence-electron chi connectivity index (χ3n) is 6.41. The lowest BCUT2D eigenvalue weighted by Crippen LogP contribution is -2.24. The monoisotopic (exact) mass is 420 g/mol. The Bertz CT molecular complexity index is 1610. The Kier molecular flexibility index (Phi) is 4.05. The molecule has 0 amide bonds. The van der Waals surface area contributed by atoms with Gasteiger partial charge in [-0.15, -0.1) is 0 Å². The Morgan fingerprint density at radius 3 is 2.44 bits per heavy atom. The predicted octanol–water partition coefficient (Wildman–Crippen LogP) is 4.95. The molecule has 0 aliphatic heterocycles. The van der Waals surface area contributed by atoms with Gasteiger partial charge in [-0.05, 0) is 36.2 Å². The van der Waals surface area contributed by atoms with Gasteiger partial charge in [-0.3, -0.25) is 9.59 Å². The van der Waals surface area contributed by atoms with E-state index in [1.54, 1.807) is 17.7 Å². The molecule has 2 heterocycles. The molecule has 156 valence electrons. The van der Waals surface area contributed by atoms with Crippen molar-refractivity contribution in [2.45, 2.75) is 13.0 Å². The molecule has 5 heteroatoms. The van der Waals surface area contributed by atoms with E-state index in [0.717, 1.165) is 38.9 Å². The molecule has 3 aromatic carbocycles. The number of carbonyl (C=O) groups is 1. The molecular weight excluding hydrogens is 400 g/mol. The van der Waals surface area contributed by atoms with E-state index in [9.17, 15) is 9.59 Å². The first kappa shape index (κ1) is 18.6. The Labute approximate surface area is 183 Å². The van der Waals surface area contributed by atoms with Crippen LogP contribution in [0.3, 0.4) is 0 Å². The molecule has 1 N–H and O–H groups in total. The molecule has 0 atom stereocenters. The standard InChI is InChI=1S/C27H20N2O3/c1-32-17-10-11-23-22(14-17)16(15-28-23)12-13-29-25-19-7-3-4-8-20(19)26(30)24(25)18-6-2-5-9-21(18)27(29)31/h2-11,14-15,28H,12-13H2,1H3. The van der Waals surface area contributed by atoms with Crippen LogP contribution in [-0.4, -0.2) is 22.4 Å². The lowest BCUT2D eigenvalue weighted by Gasteiger charge is -2.15. The van der Waals surface area contributed by atoms with Crippen LogP contribution in [-0.2, 0) is 13.0 Å². The summed E-state index contributed by atoms with van der Waals surface area (Å²) in [4.78, 5) is 30.2. The number of nitrogens with zero attached hydrogens (tertiary/aromatic N) is 1. The van der Waals surface area contributed by atoms with E-state index < -0.39 is 0 Å². The minimum Gasteiger partial charge on any atom is -0.497 e. The number of methoxy groups -OCH3 is 1. The summed E-state index contributed by atoms with van der Waals surface area (Å²) in [7, 11) is 1.65. The van der Waals surface area contributed by atoms with Gasteiger partial charge in [0.25, 0.3) is 5.56 Å². The Morgan fingerprint density at radius 2 is 1.62 bits per heavy atom. The van der Waals surface area contributed by atoms with Crippen molar-refractivity contribution in [3.63, 3.8) is 0 Å². The van der Waals surface area contributed by atoms with Crippen LogP contribution in [0, 0.1) is 0 Å². The van der Waals surface area contributed by atoms with Gasteiger partial charge in [-0.1, -0.05) is 42.5 Å². The zero-order valence-corrected chi connectivity index (χ0v) is 17.5. The van der Waals surface area contributed by atoms with Crippen molar-refractivity contribution >= 4 is 27.5 Å². The molecule has 5 nitrogen and oxygen atoms in total. The molecule has 1 aliphatic carbocycles. The molecular formula is C27H20N2O3. The molecule has 0 radical (unpaired) electrons. The molecule has 5 aromatic rings. The first-order valence-corrected chi connectivity index (χ1v) is 10.6. The maximum Gasteiger partial charge on any atom is 0.258 e. The third-order valence-corrected chi connectivity index (χ3v) is 6.41. The number of aromatic amines is 1. The topological polar surface area (TPSA) is 64.1 Å². The summed E-state index contributed by atoms with van der Waals surface area (Å²) >= 11 is 0. The molecule has 0 saturated carbocycles. The van der Waals surface area contributed by atoms with Gasteiger partial charge in [0.05, 0.1) is 18.4 Å². The number of fused-ring (bicyclic) bond motifs is 6. The number of carbonyl (C=O) groups excluding carboxylic acids is 1. The zero-order valence-electron chi connectivity index (χ0n) is 17.5. The van der Waals surface area contributed by atoms with Crippen molar-refractivity contribution in [2.75, 3.05) is 7.11 Å². The first-order chi connectivity index (χ1) is 15.7. The van der Waals surface area contributed by atoms with E-state index in [2.05, 4.69) is 4.98 Å². The Balaban J connectivity index is 1.53. The summed E-state index contributed by atoms with van der Waals surface area (Å²) < 4.78 is 7.16. The Morgan fingerprint density at radius 1 is 0.875 bits per heavy atom. The number of aromatic nitrogens is 2. The summed E-state index contributed by atoms with van der Waals surface area (Å²) in [6.45, 7) is 0.470. The van der Waals surface area contributed by atoms with Gasteiger partial charge >= 0.3 is 0 Å². The van der Waals surface area contributed by atoms with E-state index in [-0.39, 0.29) is 11.3 Å². The number of hydrogen-bond acceptors (Lipinski definition) is 3. The highest BCUT2D eigenvalue weighted by molar-refractivity contribution is 6.26. The van der Waals surface area contributed by atoms with Crippen molar-refractivity contribution in [3.05, 3.63) is 100.0 Å². The SMILES string of the molecule is COc1ccc2[nH]cc(CCn3c4c(c5ccccc5c3=O)C(=O)c3ccccc3-4)c2c1. The number of rotatable bonds is 4. The van der Waals surface area contributed by atoms with Crippen LogP contribution in [0.1, 0.15) is 21.5 Å². The highest BCUT2D eigenvalue weighted by Gasteiger charge is 2.32. The maximum atomic E-state index is 13.6. The molecule has 0 spiro atoms. The molecule has 1 aliphatic rings. The first-order valence-electron chi connectivity index (χ1n) is 10.6. The van der Waals surface area contributed by atoms with Crippen LogP contribution in [0.15, 0.2) is 77.7 Å². The van der Waals surface area contributed by atoms with Gasteiger partial charge in [0.1, 0.15) is 5.75 Å². The molecule has 32 heavy (non-hydrogen) atoms. The van der Waals surface area contributed by atoms with Crippen molar-refractivity contribution in [1.82, 2.24) is 9.55 Å². The van der Waals surface area contributed by atoms with Crippen LogP contribution in [0.5, 0.6) is 5.75 Å². The van der Waals surface area contributed by atoms with Crippen LogP contribution >= 0.6 is 0 Å². The smallest absolute Gasteiger partial charge is 0.258 e. The minimum absolute atomic E-state index is 0.0163. The summed E-state index contributed by atoms with van der Waals surface area (Å²) in [5.74, 6) is 0.777. The number of pyridine rings is 1. The van der Waals surface area contributed by atoms with Crippen molar-refractivity contribution < 1.29 is 9.53 Å². The highest BCUT2D eigenvalue weighted by Crippen LogP contribution is 2.39. The number of ketones is 1. The number of ether oxygens (including phenoxy) is 1. The van der Waals surface area contributed by atoms with Gasteiger partial charge in [0, 0.05) is 45.5 Å². The van der Waals surface area contributed by atoms with Crippen molar-refractivity contribution in [3.8, 4) is 17.0 Å². The van der Waals surface area contributed by atoms with E-state index in [4.69, 9.17) is 4.74 Å². The number of benzene rings is 3. The van der Waals surface area contributed by atoms with Gasteiger partial charge in [-0.2, -0.15) is 0 Å². The summed E-state index contributed by atoms with van der Waals surface area (Å²) in [6.07, 6.45) is 2.63. The Hall–Kier alpha value is -4.12. The van der Waals surface area contributed by atoms with E-state index in [0.29, 0.717) is 29.5 Å². The third kappa shape index (κ3) is 2.57. The normalized spacial score (nSPS) is 12.3. The second kappa shape index (κ2) is 6.95. The molecule has 2 aromatic heterocycles. The molecule has 0 saturated heterocycles. The second-order valence-electron chi connectivity index (χ2n) is 8.08. The lowest BCUT2D eigenvalue weighted by atomic mass is 10.0. The fourth-order valence-electron chi connectivity index (χ4n) is 4.87. The van der Waals surface area contributed by atoms with Crippen molar-refractivity contribution in [2.24, 2.45) is 0 Å². The van der Waals surface area contributed by atoms with Gasteiger partial charge in [0.2, 0.25) is 0 Å². The quantitative estimate of drug-likeness (QED) is 0.439. The highest BCUT2D eigenvalue weighted by atomic mass is 16.5. The zero-order chi connectivity index (χ0) is 21.8. The van der Waals surface area contributed by atoms with Crippen molar-refractivity contribution in [1.29, 1.82) is 0 Å². The van der Waals surface area contributed by atoms with Crippen LogP contribution < -0.4 is 10.3 Å². The van der Waals surface area contributed by atoms with Crippen LogP contribution in [0.4, 0.5) is 0 Å². The molecule has 0 bridgehead atoms. The summed E-state index contributed by atoms with van der Waals surface area (Å²) in [5, 5.41) is 2.38. The predicted molar refractivity (Wildman–Crippen MR) is 126 cm³/mol. The molecule has 0 unspecified atom stereocenters. The van der Waals surface area contributed by atoms with Gasteiger partial charge in [0.15, 0.2) is 5.78 Å². The maximum absolute atomic E-state index is 13.6. The van der Waals surface area contributed by atoms with E-state index in [1.807, 2.05) is 66.9 Å². The minimum atomic E-state index is -0.0683. The number of H-pyrrole nitrogens is 1. The summed E-state index contributed by atoms with van der Waals surface area (Å²) in [6, 6.07) is 20.9. The second-order valence-corrected chi connectivity index (χ2v) is 8.08. The van der Waals surface area contributed by atoms with Gasteiger partial charge in [-0.25, -0.2) is 0 Å². The lowest BCUT2D eigenvalue weighted by molar-refractivity contribution is 0.104. The fraction of sp³-hybridized carbons (Fsp3) is 0.111. The molecule has 0 fully saturated rings. The number of hydrogen-bond donors (Lipinski definition) is 1. The number of nitrogens with one attached hydrogen (secondary N) is 1. The average molecular weight is 420 g/mol. The fourth-order valence-corrected chi connectivity index (χ4v) is 4.87. The van der Waals surface area contributed by atoms with E-state index >= 15 is 0 Å². The van der Waals surface area contributed by atoms with E-state index in [1.165, 1.54) is 0 Å². The summed E-state index contributed by atoms with van der Waals surface area (Å²) in [5.41, 5.74) is 4.90. The largest absolute Gasteiger partial charge is 0.497 e.